The lowest BCUT2D eigenvalue weighted by atomic mass is 10.00. The molecule has 0 unspecified atom stereocenters. The lowest BCUT2D eigenvalue weighted by Gasteiger charge is -2.30. The van der Waals surface area contributed by atoms with Gasteiger partial charge in [-0.15, -0.1) is 0 Å². The van der Waals surface area contributed by atoms with Crippen LogP contribution in [0, 0.1) is 5.92 Å². The Labute approximate surface area is 274 Å². The molecule has 0 spiro atoms. The van der Waals surface area contributed by atoms with Crippen molar-refractivity contribution in [1.29, 1.82) is 0 Å². The summed E-state index contributed by atoms with van der Waals surface area (Å²) in [5.41, 5.74) is 1.51. The van der Waals surface area contributed by atoms with Gasteiger partial charge in [0.05, 0.1) is 25.2 Å². The molecular formula is C35H42N6O6. The van der Waals surface area contributed by atoms with E-state index in [2.05, 4.69) is 20.9 Å². The van der Waals surface area contributed by atoms with E-state index < -0.39 is 60.2 Å². The number of methoxy groups -OCH3 is 1. The van der Waals surface area contributed by atoms with Crippen molar-refractivity contribution in [3.05, 3.63) is 71.9 Å². The maximum atomic E-state index is 14.2. The quantitative estimate of drug-likeness (QED) is 0.386. The molecule has 0 bridgehead atoms. The predicted octanol–water partition coefficient (Wildman–Crippen LogP) is 2.06. The molecule has 3 aromatic rings. The summed E-state index contributed by atoms with van der Waals surface area (Å²) in [6.45, 7) is 5.13. The van der Waals surface area contributed by atoms with Crippen molar-refractivity contribution in [2.45, 2.75) is 64.2 Å². The minimum atomic E-state index is -0.947. The van der Waals surface area contributed by atoms with Gasteiger partial charge in [-0.3, -0.25) is 24.0 Å². The fourth-order valence-electron chi connectivity index (χ4n) is 6.28. The highest BCUT2D eigenvalue weighted by Crippen LogP contribution is 2.26. The zero-order valence-corrected chi connectivity index (χ0v) is 27.2. The van der Waals surface area contributed by atoms with Gasteiger partial charge in [0.25, 0.3) is 5.91 Å². The van der Waals surface area contributed by atoms with E-state index in [4.69, 9.17) is 4.74 Å². The standard InChI is InChI=1S/C35H42N6O6/c1-21(2)31-33(44)37-24(17-23-11-6-5-7-12-23)19-40(35(46)27-18-29(47-4)25-13-8-9-14-26(25)38-27)20-30(42)36-22(3)34(45)41-16-10-15-28(41)32(43)39-31/h5-9,11-14,18,21-22,24,28,31H,10,15-17,19-20H2,1-4H3,(H,36,42)(H,37,44)(H,39,43)/t22-,24-,28+,31-/m0/s1. The molecule has 248 valence electrons. The Bertz CT molecular complexity index is 1650. The van der Waals surface area contributed by atoms with Crippen LogP contribution in [0.15, 0.2) is 60.7 Å². The van der Waals surface area contributed by atoms with E-state index in [0.717, 1.165) is 10.9 Å². The summed E-state index contributed by atoms with van der Waals surface area (Å²) in [4.78, 5) is 75.9. The number of hydrogen-bond acceptors (Lipinski definition) is 7. The minimum Gasteiger partial charge on any atom is -0.496 e. The van der Waals surface area contributed by atoms with Gasteiger partial charge in [0.2, 0.25) is 23.6 Å². The number of hydrogen-bond donors (Lipinski definition) is 3. The molecule has 47 heavy (non-hydrogen) atoms. The van der Waals surface area contributed by atoms with Gasteiger partial charge in [-0.05, 0) is 49.8 Å². The number of nitrogens with one attached hydrogen (secondary N) is 3. The van der Waals surface area contributed by atoms with Gasteiger partial charge >= 0.3 is 0 Å². The number of benzene rings is 2. The Morgan fingerprint density at radius 2 is 1.70 bits per heavy atom. The summed E-state index contributed by atoms with van der Waals surface area (Å²) in [6, 6.07) is 15.0. The molecule has 3 N–H and O–H groups in total. The van der Waals surface area contributed by atoms with Crippen LogP contribution in [0.4, 0.5) is 0 Å². The summed E-state index contributed by atoms with van der Waals surface area (Å²) in [5.74, 6) is -2.17. The molecule has 2 aromatic carbocycles. The third-order valence-electron chi connectivity index (χ3n) is 8.68. The van der Waals surface area contributed by atoms with Crippen LogP contribution in [0.3, 0.4) is 0 Å². The topological polar surface area (TPSA) is 150 Å². The van der Waals surface area contributed by atoms with Crippen LogP contribution in [0.2, 0.25) is 0 Å². The third kappa shape index (κ3) is 7.70. The smallest absolute Gasteiger partial charge is 0.273 e. The molecule has 12 nitrogen and oxygen atoms in total. The van der Waals surface area contributed by atoms with Crippen molar-refractivity contribution in [3.63, 3.8) is 0 Å². The first-order chi connectivity index (χ1) is 22.5. The molecule has 5 amide bonds. The van der Waals surface area contributed by atoms with E-state index in [0.29, 0.717) is 37.1 Å². The van der Waals surface area contributed by atoms with E-state index >= 15 is 0 Å². The van der Waals surface area contributed by atoms with Gasteiger partial charge in [0, 0.05) is 24.5 Å². The van der Waals surface area contributed by atoms with Crippen LogP contribution in [-0.2, 0) is 25.6 Å². The zero-order chi connectivity index (χ0) is 33.7. The van der Waals surface area contributed by atoms with Gasteiger partial charge in [-0.1, -0.05) is 56.3 Å². The molecule has 2 saturated heterocycles. The Kier molecular flexibility index (Phi) is 10.4. The van der Waals surface area contributed by atoms with Gasteiger partial charge in [-0.25, -0.2) is 4.98 Å². The maximum absolute atomic E-state index is 14.2. The van der Waals surface area contributed by atoms with E-state index in [9.17, 15) is 24.0 Å². The summed E-state index contributed by atoms with van der Waals surface area (Å²) in [5, 5.41) is 9.41. The average molecular weight is 643 g/mol. The number of aromatic nitrogens is 1. The molecular weight excluding hydrogens is 600 g/mol. The highest BCUT2D eigenvalue weighted by Gasteiger charge is 2.39. The summed E-state index contributed by atoms with van der Waals surface area (Å²) >= 11 is 0. The second-order valence-corrected chi connectivity index (χ2v) is 12.5. The molecule has 2 fully saturated rings. The first kappa shape index (κ1) is 33.4. The third-order valence-corrected chi connectivity index (χ3v) is 8.68. The molecule has 0 radical (unpaired) electrons. The van der Waals surface area contributed by atoms with Crippen LogP contribution in [0.5, 0.6) is 5.75 Å². The largest absolute Gasteiger partial charge is 0.496 e. The van der Waals surface area contributed by atoms with Crippen molar-refractivity contribution < 1.29 is 28.7 Å². The summed E-state index contributed by atoms with van der Waals surface area (Å²) in [6.07, 6.45) is 1.41. The number of nitrogens with zero attached hydrogens (tertiary/aromatic N) is 3. The van der Waals surface area contributed by atoms with E-state index in [1.165, 1.54) is 23.0 Å². The molecule has 4 atom stereocenters. The van der Waals surface area contributed by atoms with Gasteiger partial charge < -0.3 is 30.5 Å². The minimum absolute atomic E-state index is 0.0560. The molecule has 0 aliphatic carbocycles. The molecule has 3 heterocycles. The number of rotatable bonds is 5. The lowest BCUT2D eigenvalue weighted by Crippen LogP contribution is -2.58. The Morgan fingerprint density at radius 3 is 2.43 bits per heavy atom. The second kappa shape index (κ2) is 14.6. The van der Waals surface area contributed by atoms with Gasteiger partial charge in [-0.2, -0.15) is 0 Å². The molecule has 0 saturated carbocycles. The number of ether oxygens (including phenoxy) is 1. The van der Waals surface area contributed by atoms with E-state index in [-0.39, 0.29) is 18.2 Å². The first-order valence-electron chi connectivity index (χ1n) is 16.0. The highest BCUT2D eigenvalue weighted by molar-refractivity contribution is 5.99. The Hall–Kier alpha value is -5.00. The zero-order valence-electron chi connectivity index (χ0n) is 27.2. The normalized spacial score (nSPS) is 23.0. The fraction of sp³-hybridized carbons (Fsp3) is 0.429. The van der Waals surface area contributed by atoms with Crippen LogP contribution in [0.1, 0.15) is 49.7 Å². The van der Waals surface area contributed by atoms with Crippen molar-refractivity contribution in [2.24, 2.45) is 5.92 Å². The predicted molar refractivity (Wildman–Crippen MR) is 175 cm³/mol. The summed E-state index contributed by atoms with van der Waals surface area (Å²) in [7, 11) is 1.51. The van der Waals surface area contributed by atoms with Crippen molar-refractivity contribution in [3.8, 4) is 5.75 Å². The number of carbonyl (C=O) groups is 5. The second-order valence-electron chi connectivity index (χ2n) is 12.5. The SMILES string of the molecule is COc1cc(C(=O)N2CC(=O)N[C@@H](C)C(=O)N3CCC[C@@H]3C(=O)N[C@@H](C(C)C)C(=O)N[C@@H](Cc3ccccc3)C2)nc2ccccc12. The Morgan fingerprint density at radius 1 is 0.979 bits per heavy atom. The summed E-state index contributed by atoms with van der Waals surface area (Å²) < 4.78 is 5.57. The lowest BCUT2D eigenvalue weighted by molar-refractivity contribution is -0.142. The number of amides is 5. The first-order valence-corrected chi connectivity index (χ1v) is 16.0. The van der Waals surface area contributed by atoms with Crippen LogP contribution < -0.4 is 20.7 Å². The number of carbonyl (C=O) groups excluding carboxylic acids is 5. The molecule has 12 heteroatoms. The number of para-hydroxylation sites is 1. The molecule has 5 rings (SSSR count). The number of pyridine rings is 1. The van der Waals surface area contributed by atoms with Gasteiger partial charge in [0.1, 0.15) is 29.6 Å². The van der Waals surface area contributed by atoms with Gasteiger partial charge in [0.15, 0.2) is 0 Å². The molecule has 2 aliphatic rings. The van der Waals surface area contributed by atoms with Crippen LogP contribution in [-0.4, -0.2) is 95.2 Å². The average Bonchev–Trinajstić information content (AvgIpc) is 3.55. The van der Waals surface area contributed by atoms with Crippen molar-refractivity contribution in [1.82, 2.24) is 30.7 Å². The molecule has 2 aliphatic heterocycles. The van der Waals surface area contributed by atoms with Crippen LogP contribution >= 0.6 is 0 Å². The van der Waals surface area contributed by atoms with Crippen molar-refractivity contribution in [2.75, 3.05) is 26.7 Å². The fourth-order valence-corrected chi connectivity index (χ4v) is 6.28. The number of fused-ring (bicyclic) bond motifs is 2. The monoisotopic (exact) mass is 642 g/mol. The van der Waals surface area contributed by atoms with Crippen molar-refractivity contribution >= 4 is 40.4 Å². The molecule has 1 aromatic heterocycles. The Balaban J connectivity index is 1.55. The van der Waals surface area contributed by atoms with E-state index in [1.807, 2.05) is 56.3 Å². The van der Waals surface area contributed by atoms with E-state index in [1.54, 1.807) is 19.1 Å². The van der Waals surface area contributed by atoms with Crippen LogP contribution in [0.25, 0.3) is 10.9 Å². The highest BCUT2D eigenvalue weighted by atomic mass is 16.5. The maximum Gasteiger partial charge on any atom is 0.273 e.